The van der Waals surface area contributed by atoms with Gasteiger partial charge in [-0.25, -0.2) is 0 Å². The van der Waals surface area contributed by atoms with Crippen LogP contribution in [-0.4, -0.2) is 64.7 Å². The van der Waals surface area contributed by atoms with Crippen LogP contribution >= 0.6 is 15.9 Å². The van der Waals surface area contributed by atoms with E-state index in [2.05, 4.69) is 29.8 Å². The molecule has 2 bridgehead atoms. The molecule has 3 saturated carbocycles. The third-order valence-electron chi connectivity index (χ3n) is 8.30. The van der Waals surface area contributed by atoms with E-state index in [0.717, 1.165) is 22.4 Å². The molecule has 1 aromatic carbocycles. The predicted molar refractivity (Wildman–Crippen MR) is 130 cm³/mol. The van der Waals surface area contributed by atoms with Crippen molar-refractivity contribution < 1.29 is 28.9 Å². The molecule has 0 spiro atoms. The molecule has 3 atom stereocenters. The second kappa shape index (κ2) is 10.2. The first-order chi connectivity index (χ1) is 16.9. The van der Waals surface area contributed by atoms with Crippen LogP contribution in [0.25, 0.3) is 0 Å². The van der Waals surface area contributed by atoms with Crippen LogP contribution in [0.15, 0.2) is 16.6 Å². The highest BCUT2D eigenvalue weighted by molar-refractivity contribution is 9.10. The fourth-order valence-electron chi connectivity index (χ4n) is 6.04. The number of methoxy groups -OCH3 is 2. The van der Waals surface area contributed by atoms with Crippen LogP contribution in [0, 0.1) is 23.2 Å². The fourth-order valence-corrected chi connectivity index (χ4v) is 6.49. The highest BCUT2D eigenvalue weighted by atomic mass is 79.9. The van der Waals surface area contributed by atoms with Crippen LogP contribution in [0.4, 0.5) is 0 Å². The molecule has 32 heavy (non-hydrogen) atoms. The summed E-state index contributed by atoms with van der Waals surface area (Å²) in [6.07, 6.45) is 4.46. The third-order valence-corrected chi connectivity index (χ3v) is 9.04. The maximum absolute atomic E-state index is 9.11. The van der Waals surface area contributed by atoms with Crippen LogP contribution in [-0.2, 0) is 16.0 Å². The molecule has 5 nitrogen and oxygen atoms in total. The van der Waals surface area contributed by atoms with Gasteiger partial charge in [-0.1, -0.05) is 29.8 Å². The predicted octanol–water partition coefficient (Wildman–Crippen LogP) is 5.29. The molecule has 0 amide bonds. The largest absolute Gasteiger partial charge is 0.493 e. The lowest BCUT2D eigenvalue weighted by Crippen LogP contribution is -2.56. The molecule has 0 N–H and O–H groups in total. The molecule has 4 aliphatic rings. The first-order valence-corrected chi connectivity index (χ1v) is 12.7. The molecule has 5 rings (SSSR count). The molecule has 1 aliphatic heterocycles. The molecular weight excluding hydrogens is 470 g/mol. The number of hydrogen-bond donors (Lipinski definition) is 0. The van der Waals surface area contributed by atoms with Crippen LogP contribution < -0.4 is 9.47 Å². The zero-order valence-electron chi connectivity index (χ0n) is 23.9. The zero-order valence-corrected chi connectivity index (χ0v) is 21.5. The van der Waals surface area contributed by atoms with Crippen molar-refractivity contribution in [1.29, 1.82) is 0 Å². The zero-order chi connectivity index (χ0) is 26.4. The van der Waals surface area contributed by atoms with E-state index in [4.69, 9.17) is 24.4 Å². The summed E-state index contributed by atoms with van der Waals surface area (Å²) in [6, 6.07) is 3.64. The summed E-state index contributed by atoms with van der Waals surface area (Å²) < 4.78 is 58.6. The second-order valence-electron chi connectivity index (χ2n) is 10.2. The minimum absolute atomic E-state index is 0.130. The van der Waals surface area contributed by atoms with Gasteiger partial charge in [-0.05, 0) is 61.0 Å². The van der Waals surface area contributed by atoms with Crippen molar-refractivity contribution in [2.45, 2.75) is 46.1 Å². The van der Waals surface area contributed by atoms with E-state index in [9.17, 15) is 0 Å². The molecule has 0 aromatic heterocycles. The minimum atomic E-state index is -2.46. The number of rotatable bonds is 10. The highest BCUT2D eigenvalue weighted by Crippen LogP contribution is 2.61. The average molecular weight is 516 g/mol. The van der Waals surface area contributed by atoms with Crippen molar-refractivity contribution in [2.75, 3.05) is 60.2 Å². The Bertz CT molecular complexity index is 937. The number of fused-ring (bicyclic) bond motifs is 2. The first kappa shape index (κ1) is 19.5. The Morgan fingerprint density at radius 2 is 1.88 bits per heavy atom. The number of morpholine rings is 1. The summed E-state index contributed by atoms with van der Waals surface area (Å²) in [5.74, 6) is 3.15. The van der Waals surface area contributed by atoms with E-state index in [-0.39, 0.29) is 17.6 Å². The van der Waals surface area contributed by atoms with Gasteiger partial charge in [0.2, 0.25) is 0 Å². The number of hydrogen-bond acceptors (Lipinski definition) is 4. The molecule has 1 aromatic rings. The summed E-state index contributed by atoms with van der Waals surface area (Å²) in [7, 11) is 3.14. The molecular formula is C26H41BrNO4+. The Hall–Kier alpha value is -0.820. The number of halogens is 1. The van der Waals surface area contributed by atoms with Gasteiger partial charge in [0.25, 0.3) is 0 Å². The second-order valence-corrected chi connectivity index (χ2v) is 11.1. The normalized spacial score (nSPS) is 30.8. The number of benzene rings is 1. The Balaban J connectivity index is 1.51. The summed E-state index contributed by atoms with van der Waals surface area (Å²) >= 11 is 3.60. The van der Waals surface area contributed by atoms with Gasteiger partial charge in [-0.3, -0.25) is 0 Å². The van der Waals surface area contributed by atoms with E-state index >= 15 is 0 Å². The highest BCUT2D eigenvalue weighted by Gasteiger charge is 2.53. The molecule has 3 unspecified atom stereocenters. The summed E-state index contributed by atoms with van der Waals surface area (Å²) in [6.45, 7) is 1.86. The maximum Gasteiger partial charge on any atom is 0.161 e. The Morgan fingerprint density at radius 1 is 1.16 bits per heavy atom. The van der Waals surface area contributed by atoms with Gasteiger partial charge in [0.05, 0.1) is 39.5 Å². The van der Waals surface area contributed by atoms with Gasteiger partial charge < -0.3 is 23.4 Å². The van der Waals surface area contributed by atoms with Gasteiger partial charge in [-0.15, -0.1) is 0 Å². The molecule has 0 radical (unpaired) electrons. The van der Waals surface area contributed by atoms with E-state index in [0.29, 0.717) is 55.1 Å². The maximum atomic E-state index is 9.11. The van der Waals surface area contributed by atoms with Gasteiger partial charge in [0, 0.05) is 16.6 Å². The Morgan fingerprint density at radius 3 is 2.53 bits per heavy atom. The van der Waals surface area contributed by atoms with Gasteiger partial charge in [0.1, 0.15) is 26.1 Å². The van der Waals surface area contributed by atoms with Crippen LogP contribution in [0.5, 0.6) is 11.5 Å². The number of ether oxygens (including phenoxy) is 4. The van der Waals surface area contributed by atoms with Crippen LogP contribution in [0.1, 0.15) is 50.6 Å². The third kappa shape index (κ3) is 4.98. The lowest BCUT2D eigenvalue weighted by atomic mass is 9.45. The molecule has 3 aliphatic carbocycles. The van der Waals surface area contributed by atoms with Crippen molar-refractivity contribution >= 4 is 15.9 Å². The molecule has 6 heteroatoms. The smallest absolute Gasteiger partial charge is 0.161 e. The lowest BCUT2D eigenvalue weighted by Gasteiger charge is -2.60. The van der Waals surface area contributed by atoms with Gasteiger partial charge in [0.15, 0.2) is 11.5 Å². The number of quaternary nitrogens is 1. The van der Waals surface area contributed by atoms with E-state index < -0.39 is 13.1 Å². The Kier molecular flexibility index (Phi) is 6.21. The fraction of sp³-hybridized carbons (Fsp3) is 0.769. The molecule has 180 valence electrons. The lowest BCUT2D eigenvalue weighted by molar-refractivity contribution is -0.947. The molecule has 1 heterocycles. The average Bonchev–Trinajstić information content (AvgIpc) is 2.85. The van der Waals surface area contributed by atoms with Gasteiger partial charge in [-0.2, -0.15) is 0 Å². The summed E-state index contributed by atoms with van der Waals surface area (Å²) in [5.41, 5.74) is 1.19. The monoisotopic (exact) mass is 514 g/mol. The molecule has 1 saturated heterocycles. The van der Waals surface area contributed by atoms with Crippen molar-refractivity contribution in [3.05, 3.63) is 22.2 Å². The van der Waals surface area contributed by atoms with Crippen molar-refractivity contribution in [2.24, 2.45) is 23.2 Å². The van der Waals surface area contributed by atoms with E-state index in [1.165, 1.54) is 19.3 Å². The Labute approximate surface area is 208 Å². The van der Waals surface area contributed by atoms with Crippen molar-refractivity contribution in [3.63, 3.8) is 0 Å². The van der Waals surface area contributed by atoms with E-state index in [1.54, 1.807) is 14.2 Å². The standard InChI is InChI=1S/C26H41BrNO4/c1-26(2)21-6-5-19(22(26)16-21)7-11-31-12-8-28(9-13-32-14-10-28)18-20-15-24(29-3)25(30-4)17-23(20)27/h15,17,19,21-22H,5-14,16,18H2,1-4H3/q+1/i8D2,12D2. The minimum Gasteiger partial charge on any atom is -0.493 e. The number of nitrogens with zero attached hydrogens (tertiary/aromatic N) is 1. The van der Waals surface area contributed by atoms with E-state index in [1.807, 2.05) is 12.1 Å². The summed E-state index contributed by atoms with van der Waals surface area (Å²) in [5, 5.41) is 0. The van der Waals surface area contributed by atoms with Crippen LogP contribution in [0.2, 0.25) is 0 Å². The van der Waals surface area contributed by atoms with Crippen molar-refractivity contribution in [3.8, 4) is 11.5 Å². The molecule has 4 fully saturated rings. The van der Waals surface area contributed by atoms with Crippen LogP contribution in [0.3, 0.4) is 0 Å². The van der Waals surface area contributed by atoms with Crippen molar-refractivity contribution in [1.82, 2.24) is 0 Å². The SMILES string of the molecule is [2H]C([2H])(OCCC1CCC2CC1C2(C)C)C([2H])([2H])[N+]1(Cc2cc(OC)c(OC)cc2Br)CCOCC1. The topological polar surface area (TPSA) is 36.9 Å². The van der Waals surface area contributed by atoms with Gasteiger partial charge >= 0.3 is 0 Å². The first-order valence-electron chi connectivity index (χ1n) is 13.9. The summed E-state index contributed by atoms with van der Waals surface area (Å²) in [4.78, 5) is 0. The quantitative estimate of drug-likeness (QED) is 0.397.